The molecule has 0 spiro atoms. The molecule has 1 N–H and O–H groups in total. The molecule has 0 aliphatic carbocycles. The zero-order valence-corrected chi connectivity index (χ0v) is 12.7. The molecule has 0 bridgehead atoms. The van der Waals surface area contributed by atoms with Gasteiger partial charge < -0.3 is 19.2 Å². The second-order valence-corrected chi connectivity index (χ2v) is 4.70. The summed E-state index contributed by atoms with van der Waals surface area (Å²) in [5, 5.41) is 3.70. The van der Waals surface area contributed by atoms with E-state index in [1.54, 1.807) is 26.4 Å². The molecule has 0 radical (unpaired) electrons. The molecule has 0 atom stereocenters. The first kappa shape index (κ1) is 14.5. The summed E-state index contributed by atoms with van der Waals surface area (Å²) in [6, 6.07) is 3.48. The molecule has 1 aromatic heterocycles. The molecule has 1 aromatic carbocycles. The largest absolute Gasteiger partial charge is 0.495 e. The fourth-order valence-corrected chi connectivity index (χ4v) is 2.02. The number of aryl methyl sites for hydroxylation is 2. The van der Waals surface area contributed by atoms with Crippen molar-refractivity contribution < 1.29 is 13.9 Å². The summed E-state index contributed by atoms with van der Waals surface area (Å²) >= 11 is 6.06. The summed E-state index contributed by atoms with van der Waals surface area (Å²) in [6.07, 6.45) is 0. The molecule has 6 heteroatoms. The molecule has 0 saturated carbocycles. The number of hydrogen-bond donors (Lipinski definition) is 1. The Morgan fingerprint density at radius 3 is 2.45 bits per heavy atom. The predicted molar refractivity (Wildman–Crippen MR) is 77.9 cm³/mol. The number of nitrogens with one attached hydrogen (secondary N) is 1. The van der Waals surface area contributed by atoms with Gasteiger partial charge in [0.2, 0.25) is 5.89 Å². The zero-order chi connectivity index (χ0) is 14.7. The lowest BCUT2D eigenvalue weighted by Gasteiger charge is -2.12. The summed E-state index contributed by atoms with van der Waals surface area (Å²) < 4.78 is 16.0. The van der Waals surface area contributed by atoms with Crippen molar-refractivity contribution in [2.24, 2.45) is 0 Å². The highest BCUT2D eigenvalue weighted by Crippen LogP contribution is 2.36. The zero-order valence-electron chi connectivity index (χ0n) is 11.9. The van der Waals surface area contributed by atoms with Gasteiger partial charge in [0.15, 0.2) is 0 Å². The van der Waals surface area contributed by atoms with Crippen LogP contribution in [0.15, 0.2) is 16.5 Å². The lowest BCUT2D eigenvalue weighted by Crippen LogP contribution is -2.02. The van der Waals surface area contributed by atoms with E-state index in [1.165, 1.54) is 0 Å². The number of anilines is 1. The number of nitrogens with zero attached hydrogens (tertiary/aromatic N) is 1. The third-order valence-corrected chi connectivity index (χ3v) is 3.27. The molecule has 0 fully saturated rings. The quantitative estimate of drug-likeness (QED) is 0.914. The van der Waals surface area contributed by atoms with Gasteiger partial charge in [-0.3, -0.25) is 0 Å². The molecule has 0 saturated heterocycles. The van der Waals surface area contributed by atoms with Gasteiger partial charge >= 0.3 is 0 Å². The Balaban J connectivity index is 2.19. The summed E-state index contributed by atoms with van der Waals surface area (Å²) in [5.74, 6) is 2.66. The molecule has 1 heterocycles. The van der Waals surface area contributed by atoms with Gasteiger partial charge in [-0.25, -0.2) is 4.98 Å². The van der Waals surface area contributed by atoms with Crippen LogP contribution in [0.2, 0.25) is 5.02 Å². The molecule has 20 heavy (non-hydrogen) atoms. The van der Waals surface area contributed by atoms with Gasteiger partial charge in [0.25, 0.3) is 0 Å². The maximum Gasteiger partial charge on any atom is 0.213 e. The number of methoxy groups -OCH3 is 2. The maximum atomic E-state index is 6.06. The number of halogens is 1. The van der Waals surface area contributed by atoms with Crippen LogP contribution in [0.5, 0.6) is 11.5 Å². The molecule has 108 valence electrons. The second kappa shape index (κ2) is 6.05. The van der Waals surface area contributed by atoms with Gasteiger partial charge in [0.05, 0.1) is 37.2 Å². The lowest BCUT2D eigenvalue weighted by atomic mass is 10.2. The van der Waals surface area contributed by atoms with Crippen molar-refractivity contribution >= 4 is 17.3 Å². The SMILES string of the molecule is COc1cc(NCc2nc(C)c(C)o2)c(OC)cc1Cl. The van der Waals surface area contributed by atoms with Crippen LogP contribution < -0.4 is 14.8 Å². The molecule has 0 aliphatic rings. The highest BCUT2D eigenvalue weighted by molar-refractivity contribution is 6.32. The van der Waals surface area contributed by atoms with Crippen LogP contribution in [0.3, 0.4) is 0 Å². The summed E-state index contributed by atoms with van der Waals surface area (Å²) in [7, 11) is 3.15. The van der Waals surface area contributed by atoms with Crippen LogP contribution in [-0.2, 0) is 6.54 Å². The average Bonchev–Trinajstić information content (AvgIpc) is 2.76. The number of hydrogen-bond acceptors (Lipinski definition) is 5. The van der Waals surface area contributed by atoms with Gasteiger partial charge in [-0.1, -0.05) is 11.6 Å². The van der Waals surface area contributed by atoms with Crippen LogP contribution in [0, 0.1) is 13.8 Å². The van der Waals surface area contributed by atoms with Crippen molar-refractivity contribution in [1.82, 2.24) is 4.98 Å². The monoisotopic (exact) mass is 296 g/mol. The highest BCUT2D eigenvalue weighted by atomic mass is 35.5. The minimum Gasteiger partial charge on any atom is -0.495 e. The summed E-state index contributed by atoms with van der Waals surface area (Å²) in [5.41, 5.74) is 1.66. The highest BCUT2D eigenvalue weighted by Gasteiger charge is 2.11. The summed E-state index contributed by atoms with van der Waals surface area (Å²) in [6.45, 7) is 4.25. The van der Waals surface area contributed by atoms with E-state index in [0.717, 1.165) is 17.1 Å². The van der Waals surface area contributed by atoms with E-state index in [-0.39, 0.29) is 0 Å². The third kappa shape index (κ3) is 2.99. The summed E-state index contributed by atoms with van der Waals surface area (Å²) in [4.78, 5) is 4.31. The fourth-order valence-electron chi connectivity index (χ4n) is 1.78. The first-order chi connectivity index (χ1) is 9.55. The normalized spacial score (nSPS) is 10.4. The first-order valence-corrected chi connectivity index (χ1v) is 6.51. The first-order valence-electron chi connectivity index (χ1n) is 6.13. The Bertz CT molecular complexity index is 591. The Kier molecular flexibility index (Phi) is 4.39. The maximum absolute atomic E-state index is 6.06. The van der Waals surface area contributed by atoms with Gasteiger partial charge in [0.1, 0.15) is 17.3 Å². The van der Waals surface area contributed by atoms with E-state index in [0.29, 0.717) is 29.0 Å². The fraction of sp³-hybridized carbons (Fsp3) is 0.357. The van der Waals surface area contributed by atoms with Gasteiger partial charge in [-0.15, -0.1) is 0 Å². The Morgan fingerprint density at radius 2 is 1.90 bits per heavy atom. The average molecular weight is 297 g/mol. The Hall–Kier alpha value is -1.88. The van der Waals surface area contributed by atoms with Crippen molar-refractivity contribution in [2.45, 2.75) is 20.4 Å². The van der Waals surface area contributed by atoms with Gasteiger partial charge in [-0.2, -0.15) is 0 Å². The molecule has 5 nitrogen and oxygen atoms in total. The van der Waals surface area contributed by atoms with Crippen molar-refractivity contribution in [3.63, 3.8) is 0 Å². The Morgan fingerprint density at radius 1 is 1.20 bits per heavy atom. The lowest BCUT2D eigenvalue weighted by molar-refractivity contribution is 0.404. The van der Waals surface area contributed by atoms with Gasteiger partial charge in [0, 0.05) is 12.1 Å². The van der Waals surface area contributed by atoms with Crippen LogP contribution in [0.1, 0.15) is 17.3 Å². The second-order valence-electron chi connectivity index (χ2n) is 4.29. The van der Waals surface area contributed by atoms with E-state index in [9.17, 15) is 0 Å². The Labute approximate surface area is 122 Å². The molecule has 0 aliphatic heterocycles. The molecular formula is C14H17ClN2O3. The molecule has 2 aromatic rings. The number of benzene rings is 1. The minimum absolute atomic E-state index is 0.454. The molecular weight excluding hydrogens is 280 g/mol. The molecule has 0 unspecified atom stereocenters. The van der Waals surface area contributed by atoms with E-state index >= 15 is 0 Å². The smallest absolute Gasteiger partial charge is 0.213 e. The van der Waals surface area contributed by atoms with Crippen LogP contribution >= 0.6 is 11.6 Å². The van der Waals surface area contributed by atoms with E-state index in [4.69, 9.17) is 25.5 Å². The van der Waals surface area contributed by atoms with Crippen LogP contribution in [-0.4, -0.2) is 19.2 Å². The predicted octanol–water partition coefficient (Wildman–Crippen LogP) is 3.57. The third-order valence-electron chi connectivity index (χ3n) is 2.98. The van der Waals surface area contributed by atoms with Crippen molar-refractivity contribution in [2.75, 3.05) is 19.5 Å². The number of rotatable bonds is 5. The van der Waals surface area contributed by atoms with E-state index in [2.05, 4.69) is 10.3 Å². The van der Waals surface area contributed by atoms with Crippen molar-refractivity contribution in [1.29, 1.82) is 0 Å². The van der Waals surface area contributed by atoms with E-state index in [1.807, 2.05) is 13.8 Å². The van der Waals surface area contributed by atoms with Crippen LogP contribution in [0.4, 0.5) is 5.69 Å². The minimum atomic E-state index is 0.454. The van der Waals surface area contributed by atoms with Crippen molar-refractivity contribution in [3.8, 4) is 11.5 Å². The molecule has 0 amide bonds. The number of ether oxygens (including phenoxy) is 2. The van der Waals surface area contributed by atoms with Gasteiger partial charge in [-0.05, 0) is 13.8 Å². The van der Waals surface area contributed by atoms with Crippen molar-refractivity contribution in [3.05, 3.63) is 34.5 Å². The number of oxazole rings is 1. The van der Waals surface area contributed by atoms with E-state index < -0.39 is 0 Å². The van der Waals surface area contributed by atoms with Crippen LogP contribution in [0.25, 0.3) is 0 Å². The molecule has 2 rings (SSSR count). The number of aromatic nitrogens is 1. The standard InChI is InChI=1S/C14H17ClN2O3/c1-8-9(2)20-14(17-8)7-16-11-6-12(18-3)10(15)5-13(11)19-4/h5-6,16H,7H2,1-4H3. The topological polar surface area (TPSA) is 56.5 Å².